The number of ether oxygens (including phenoxy) is 1. The first-order valence-electron chi connectivity index (χ1n) is 10.5. The van der Waals surface area contributed by atoms with Crippen LogP contribution in [0.15, 0.2) is 79.3 Å². The summed E-state index contributed by atoms with van der Waals surface area (Å²) in [5.41, 5.74) is 1.23. The summed E-state index contributed by atoms with van der Waals surface area (Å²) in [6, 6.07) is 12.9. The van der Waals surface area contributed by atoms with Gasteiger partial charge < -0.3 is 10.1 Å². The fraction of sp³-hybridized carbons (Fsp3) is 0. The highest BCUT2D eigenvalue weighted by molar-refractivity contribution is 6.04. The molecule has 178 valence electrons. The van der Waals surface area contributed by atoms with Crippen LogP contribution < -0.4 is 10.1 Å². The molecule has 0 spiro atoms. The molecule has 3 aromatic carbocycles. The molecule has 0 fully saturated rings. The third kappa shape index (κ3) is 4.56. The predicted octanol–water partition coefficient (Wildman–Crippen LogP) is 6.29. The fourth-order valence-corrected chi connectivity index (χ4v) is 3.41. The molecule has 0 atom stereocenters. The van der Waals surface area contributed by atoms with Gasteiger partial charge in [0.05, 0.1) is 28.6 Å². The Hall–Kier alpha value is -4.86. The molecule has 0 aliphatic carbocycles. The Morgan fingerprint density at radius 2 is 1.72 bits per heavy atom. The topological polar surface area (TPSA) is 77.0 Å². The molecular weight excluding hydrogens is 476 g/mol. The van der Waals surface area contributed by atoms with Gasteiger partial charge in [0.2, 0.25) is 11.6 Å². The van der Waals surface area contributed by atoms with Gasteiger partial charge in [-0.05, 0) is 42.5 Å². The van der Waals surface area contributed by atoms with Crippen LogP contribution in [0.25, 0.3) is 22.3 Å². The Morgan fingerprint density at radius 3 is 2.50 bits per heavy atom. The second kappa shape index (κ2) is 9.41. The van der Waals surface area contributed by atoms with E-state index in [9.17, 15) is 18.0 Å². The Labute approximate surface area is 201 Å². The summed E-state index contributed by atoms with van der Waals surface area (Å²) in [6.45, 7) is 0. The summed E-state index contributed by atoms with van der Waals surface area (Å²) in [6.07, 6.45) is 4.77. The highest BCUT2D eigenvalue weighted by Gasteiger charge is 2.23. The number of halogens is 4. The van der Waals surface area contributed by atoms with Crippen molar-refractivity contribution in [3.8, 4) is 22.8 Å². The van der Waals surface area contributed by atoms with Crippen molar-refractivity contribution in [2.45, 2.75) is 0 Å². The number of carbonyl (C=O) groups is 1. The molecule has 36 heavy (non-hydrogen) atoms. The molecule has 0 radical (unpaired) electrons. The highest BCUT2D eigenvalue weighted by atomic mass is 19.2. The molecule has 0 saturated heterocycles. The maximum absolute atomic E-state index is 15.1. The van der Waals surface area contributed by atoms with Crippen LogP contribution in [0.4, 0.5) is 23.2 Å². The van der Waals surface area contributed by atoms with Crippen LogP contribution in [-0.2, 0) is 0 Å². The summed E-state index contributed by atoms with van der Waals surface area (Å²) in [4.78, 5) is 25.2. The molecule has 1 amide bonds. The van der Waals surface area contributed by atoms with E-state index < -0.39 is 40.6 Å². The van der Waals surface area contributed by atoms with Gasteiger partial charge in [-0.15, -0.1) is 0 Å². The number of pyridine rings is 1. The van der Waals surface area contributed by atoms with Crippen LogP contribution in [0, 0.1) is 23.3 Å². The summed E-state index contributed by atoms with van der Waals surface area (Å²) < 4.78 is 62.6. The number of fused-ring (bicyclic) bond motifs is 1. The summed E-state index contributed by atoms with van der Waals surface area (Å²) in [7, 11) is 0. The smallest absolute Gasteiger partial charge is 0.255 e. The first kappa shape index (κ1) is 22.9. The van der Waals surface area contributed by atoms with Gasteiger partial charge >= 0.3 is 0 Å². The van der Waals surface area contributed by atoms with Gasteiger partial charge in [-0.3, -0.25) is 14.8 Å². The van der Waals surface area contributed by atoms with Crippen LogP contribution in [0.5, 0.6) is 11.5 Å². The first-order valence-corrected chi connectivity index (χ1v) is 10.5. The van der Waals surface area contributed by atoms with Gasteiger partial charge in [-0.1, -0.05) is 6.07 Å². The molecule has 0 aliphatic heterocycles. The van der Waals surface area contributed by atoms with Gasteiger partial charge in [0.15, 0.2) is 11.6 Å². The quantitative estimate of drug-likeness (QED) is 0.231. The van der Waals surface area contributed by atoms with Crippen molar-refractivity contribution >= 4 is 22.6 Å². The Kier molecular flexibility index (Phi) is 5.99. The SMILES string of the molecule is O=C(Nc1cc(F)c(F)c(Oc2ccc3ncc(-c4cccnc4)nc3c2)c1F)c1cccc(F)c1. The molecule has 0 saturated carbocycles. The zero-order valence-electron chi connectivity index (χ0n) is 18.2. The van der Waals surface area contributed by atoms with Crippen molar-refractivity contribution in [1.82, 2.24) is 15.0 Å². The Morgan fingerprint density at radius 1 is 0.861 bits per heavy atom. The zero-order chi connectivity index (χ0) is 25.2. The number of benzene rings is 3. The molecule has 0 unspecified atom stereocenters. The van der Waals surface area contributed by atoms with Crippen molar-refractivity contribution in [1.29, 1.82) is 0 Å². The minimum Gasteiger partial charge on any atom is -0.451 e. The van der Waals surface area contributed by atoms with E-state index in [0.29, 0.717) is 28.4 Å². The van der Waals surface area contributed by atoms with Crippen molar-refractivity contribution in [2.24, 2.45) is 0 Å². The van der Waals surface area contributed by atoms with Gasteiger partial charge in [0, 0.05) is 35.7 Å². The lowest BCUT2D eigenvalue weighted by Crippen LogP contribution is -2.14. The van der Waals surface area contributed by atoms with Crippen molar-refractivity contribution < 1.29 is 27.1 Å². The average molecular weight is 490 g/mol. The number of hydrogen-bond donors (Lipinski definition) is 1. The molecule has 1 N–H and O–H groups in total. The second-order valence-corrected chi connectivity index (χ2v) is 7.58. The van der Waals surface area contributed by atoms with Crippen LogP contribution in [-0.4, -0.2) is 20.9 Å². The zero-order valence-corrected chi connectivity index (χ0v) is 18.2. The molecule has 5 rings (SSSR count). The average Bonchev–Trinajstić information content (AvgIpc) is 2.89. The lowest BCUT2D eigenvalue weighted by molar-refractivity contribution is 0.102. The summed E-state index contributed by atoms with van der Waals surface area (Å²) in [5.74, 6) is -7.13. The summed E-state index contributed by atoms with van der Waals surface area (Å²) in [5, 5.41) is 2.11. The number of nitrogens with zero attached hydrogens (tertiary/aromatic N) is 3. The predicted molar refractivity (Wildman–Crippen MR) is 124 cm³/mol. The molecule has 5 aromatic rings. The van der Waals surface area contributed by atoms with Crippen molar-refractivity contribution in [3.05, 3.63) is 108 Å². The van der Waals surface area contributed by atoms with E-state index in [1.54, 1.807) is 30.7 Å². The molecule has 0 bridgehead atoms. The van der Waals surface area contributed by atoms with E-state index in [4.69, 9.17) is 4.74 Å². The number of anilines is 1. The van der Waals surface area contributed by atoms with E-state index in [2.05, 4.69) is 20.3 Å². The number of aromatic nitrogens is 3. The lowest BCUT2D eigenvalue weighted by atomic mass is 10.2. The number of rotatable bonds is 5. The Balaban J connectivity index is 1.47. The normalized spacial score (nSPS) is 10.9. The van der Waals surface area contributed by atoms with Crippen LogP contribution >= 0.6 is 0 Å². The number of nitrogens with one attached hydrogen (secondary N) is 1. The first-order chi connectivity index (χ1) is 17.4. The van der Waals surface area contributed by atoms with Gasteiger partial charge in [0.1, 0.15) is 11.6 Å². The monoisotopic (exact) mass is 490 g/mol. The Bertz CT molecular complexity index is 1610. The summed E-state index contributed by atoms with van der Waals surface area (Å²) >= 11 is 0. The molecule has 0 aliphatic rings. The maximum Gasteiger partial charge on any atom is 0.255 e. The highest BCUT2D eigenvalue weighted by Crippen LogP contribution is 2.35. The van der Waals surface area contributed by atoms with E-state index in [1.165, 1.54) is 30.3 Å². The largest absolute Gasteiger partial charge is 0.451 e. The minimum atomic E-state index is -1.59. The molecule has 2 heterocycles. The van der Waals surface area contributed by atoms with Crippen LogP contribution in [0.2, 0.25) is 0 Å². The minimum absolute atomic E-state index is 0.0501. The van der Waals surface area contributed by atoms with Gasteiger partial charge in [-0.2, -0.15) is 4.39 Å². The second-order valence-electron chi connectivity index (χ2n) is 7.58. The van der Waals surface area contributed by atoms with Gasteiger partial charge in [-0.25, -0.2) is 18.2 Å². The van der Waals surface area contributed by atoms with E-state index in [0.717, 1.165) is 12.1 Å². The van der Waals surface area contributed by atoms with Crippen LogP contribution in [0.1, 0.15) is 10.4 Å². The standard InChI is InChI=1S/C26H14F4N4O2/c27-16-5-1-3-14(9-16)26(35)34-21-11-18(28)23(29)25(24(21)30)36-17-6-7-19-20(10-17)33-22(13-32-19)15-4-2-8-31-12-15/h1-13H,(H,34,35). The third-order valence-electron chi connectivity index (χ3n) is 5.14. The van der Waals surface area contributed by atoms with E-state index in [1.807, 2.05) is 0 Å². The molecule has 6 nitrogen and oxygen atoms in total. The van der Waals surface area contributed by atoms with Crippen molar-refractivity contribution in [3.63, 3.8) is 0 Å². The molecule has 2 aromatic heterocycles. The van der Waals surface area contributed by atoms with E-state index in [-0.39, 0.29) is 11.3 Å². The molecular formula is C26H14F4N4O2. The lowest BCUT2D eigenvalue weighted by Gasteiger charge is -2.13. The van der Waals surface area contributed by atoms with Crippen LogP contribution in [0.3, 0.4) is 0 Å². The van der Waals surface area contributed by atoms with Crippen molar-refractivity contribution in [2.75, 3.05) is 5.32 Å². The fourth-order valence-electron chi connectivity index (χ4n) is 3.41. The number of carbonyl (C=O) groups excluding carboxylic acids is 1. The maximum atomic E-state index is 15.1. The number of hydrogen-bond acceptors (Lipinski definition) is 5. The van der Waals surface area contributed by atoms with Gasteiger partial charge in [0.25, 0.3) is 5.91 Å². The third-order valence-corrected chi connectivity index (χ3v) is 5.14. The molecule has 10 heteroatoms. The van der Waals surface area contributed by atoms with E-state index >= 15 is 4.39 Å². The number of amides is 1.